The number of aromatic nitrogens is 2. The summed E-state index contributed by atoms with van der Waals surface area (Å²) >= 11 is 0. The van der Waals surface area contributed by atoms with Crippen LogP contribution in [0.2, 0.25) is 0 Å². The molecule has 1 N–H and O–H groups in total. The van der Waals surface area contributed by atoms with E-state index in [-0.39, 0.29) is 11.6 Å². The number of methoxy groups -OCH3 is 2. The summed E-state index contributed by atoms with van der Waals surface area (Å²) in [7, 11) is 3.15. The van der Waals surface area contributed by atoms with Crippen molar-refractivity contribution in [3.8, 4) is 11.4 Å². The van der Waals surface area contributed by atoms with Crippen LogP contribution >= 0.6 is 0 Å². The molecule has 2 aromatic rings. The molecule has 0 atom stereocenters. The maximum absolute atomic E-state index is 12.3. The van der Waals surface area contributed by atoms with Crippen molar-refractivity contribution in [1.29, 1.82) is 0 Å². The molecule has 0 radical (unpaired) electrons. The Kier molecular flexibility index (Phi) is 7.25. The SMILES string of the molecule is COCCOCCCNC(=O)c1nn(-c2ccccc2)cc1OC. The molecule has 0 unspecified atom stereocenters. The Morgan fingerprint density at radius 2 is 1.96 bits per heavy atom. The average molecular weight is 333 g/mol. The first-order chi connectivity index (χ1) is 11.8. The molecule has 2 rings (SSSR count). The van der Waals surface area contributed by atoms with Gasteiger partial charge in [0.05, 0.1) is 32.2 Å². The van der Waals surface area contributed by atoms with Crippen LogP contribution in [0.1, 0.15) is 16.9 Å². The van der Waals surface area contributed by atoms with Gasteiger partial charge in [0, 0.05) is 20.3 Å². The molecule has 0 saturated carbocycles. The van der Waals surface area contributed by atoms with Crippen LogP contribution in [-0.2, 0) is 9.47 Å². The Morgan fingerprint density at radius 3 is 2.67 bits per heavy atom. The zero-order chi connectivity index (χ0) is 17.2. The number of carbonyl (C=O) groups is 1. The number of rotatable bonds is 10. The van der Waals surface area contributed by atoms with Crippen LogP contribution in [0.5, 0.6) is 5.75 Å². The van der Waals surface area contributed by atoms with Gasteiger partial charge < -0.3 is 19.5 Å². The maximum Gasteiger partial charge on any atom is 0.275 e. The van der Waals surface area contributed by atoms with Gasteiger partial charge in [-0.25, -0.2) is 4.68 Å². The zero-order valence-electron chi connectivity index (χ0n) is 14.0. The lowest BCUT2D eigenvalue weighted by Gasteiger charge is -2.05. The van der Waals surface area contributed by atoms with Gasteiger partial charge in [0.1, 0.15) is 0 Å². The summed E-state index contributed by atoms with van der Waals surface area (Å²) in [4.78, 5) is 12.3. The van der Waals surface area contributed by atoms with Gasteiger partial charge in [-0.05, 0) is 18.6 Å². The highest BCUT2D eigenvalue weighted by atomic mass is 16.5. The topological polar surface area (TPSA) is 74.6 Å². The molecule has 1 aromatic heterocycles. The van der Waals surface area contributed by atoms with Gasteiger partial charge >= 0.3 is 0 Å². The molecular formula is C17H23N3O4. The summed E-state index contributed by atoms with van der Waals surface area (Å²) in [5, 5.41) is 7.15. The number of amides is 1. The third-order valence-electron chi connectivity index (χ3n) is 3.32. The number of para-hydroxylation sites is 1. The number of ether oxygens (including phenoxy) is 3. The van der Waals surface area contributed by atoms with Crippen LogP contribution in [0.3, 0.4) is 0 Å². The first kappa shape index (κ1) is 18.0. The Morgan fingerprint density at radius 1 is 1.17 bits per heavy atom. The van der Waals surface area contributed by atoms with E-state index in [2.05, 4.69) is 10.4 Å². The lowest BCUT2D eigenvalue weighted by Crippen LogP contribution is -2.26. The van der Waals surface area contributed by atoms with Crippen LogP contribution in [0.15, 0.2) is 36.5 Å². The Bertz CT molecular complexity index is 628. The third kappa shape index (κ3) is 5.07. The maximum atomic E-state index is 12.3. The number of benzene rings is 1. The predicted molar refractivity (Wildman–Crippen MR) is 89.8 cm³/mol. The third-order valence-corrected chi connectivity index (χ3v) is 3.32. The second-order valence-electron chi connectivity index (χ2n) is 5.04. The highest BCUT2D eigenvalue weighted by molar-refractivity contribution is 5.94. The zero-order valence-corrected chi connectivity index (χ0v) is 14.0. The lowest BCUT2D eigenvalue weighted by molar-refractivity contribution is 0.0688. The van der Waals surface area contributed by atoms with E-state index in [4.69, 9.17) is 14.2 Å². The van der Waals surface area contributed by atoms with E-state index in [1.165, 1.54) is 7.11 Å². The molecule has 1 aromatic carbocycles. The van der Waals surface area contributed by atoms with Crippen molar-refractivity contribution < 1.29 is 19.0 Å². The number of nitrogens with zero attached hydrogens (tertiary/aromatic N) is 2. The van der Waals surface area contributed by atoms with Gasteiger partial charge in [0.25, 0.3) is 5.91 Å². The Labute approximate surface area is 141 Å². The number of hydrogen-bond acceptors (Lipinski definition) is 5. The van der Waals surface area contributed by atoms with Crippen molar-refractivity contribution >= 4 is 5.91 Å². The van der Waals surface area contributed by atoms with E-state index in [1.54, 1.807) is 18.0 Å². The van der Waals surface area contributed by atoms with Gasteiger partial charge in [-0.1, -0.05) is 18.2 Å². The number of carbonyl (C=O) groups excluding carboxylic acids is 1. The normalized spacial score (nSPS) is 10.6. The number of hydrogen-bond donors (Lipinski definition) is 1. The van der Waals surface area contributed by atoms with Gasteiger partial charge in [0.15, 0.2) is 11.4 Å². The fourth-order valence-electron chi connectivity index (χ4n) is 2.08. The molecule has 130 valence electrons. The van der Waals surface area contributed by atoms with Crippen molar-refractivity contribution in [3.05, 3.63) is 42.2 Å². The molecule has 1 amide bonds. The molecule has 0 aliphatic heterocycles. The molecule has 0 aliphatic carbocycles. The molecule has 0 aliphatic rings. The average Bonchev–Trinajstić information content (AvgIpc) is 3.06. The fraction of sp³-hybridized carbons (Fsp3) is 0.412. The van der Waals surface area contributed by atoms with E-state index < -0.39 is 0 Å². The van der Waals surface area contributed by atoms with Gasteiger partial charge in [0.2, 0.25) is 0 Å². The minimum atomic E-state index is -0.265. The van der Waals surface area contributed by atoms with Crippen LogP contribution in [-0.4, -0.2) is 56.3 Å². The predicted octanol–water partition coefficient (Wildman–Crippen LogP) is 1.66. The van der Waals surface area contributed by atoms with E-state index in [0.717, 1.165) is 12.1 Å². The van der Waals surface area contributed by atoms with Crippen LogP contribution in [0.25, 0.3) is 5.69 Å². The molecule has 24 heavy (non-hydrogen) atoms. The quantitative estimate of drug-likeness (QED) is 0.670. The van der Waals surface area contributed by atoms with Gasteiger partial charge in [-0.15, -0.1) is 0 Å². The van der Waals surface area contributed by atoms with Gasteiger partial charge in [-0.2, -0.15) is 5.10 Å². The van der Waals surface area contributed by atoms with E-state index in [1.807, 2.05) is 30.3 Å². The highest BCUT2D eigenvalue weighted by Crippen LogP contribution is 2.19. The van der Waals surface area contributed by atoms with Crippen LogP contribution in [0, 0.1) is 0 Å². The lowest BCUT2D eigenvalue weighted by atomic mass is 10.3. The molecule has 0 spiro atoms. The van der Waals surface area contributed by atoms with E-state index in [9.17, 15) is 4.79 Å². The van der Waals surface area contributed by atoms with Crippen molar-refractivity contribution in [2.45, 2.75) is 6.42 Å². The molecule has 0 bridgehead atoms. The standard InChI is InChI=1S/C17H23N3O4/c1-22-11-12-24-10-6-9-18-17(21)16-15(23-2)13-20(19-16)14-7-4-3-5-8-14/h3-5,7-8,13H,6,9-12H2,1-2H3,(H,18,21). The first-order valence-electron chi connectivity index (χ1n) is 7.80. The largest absolute Gasteiger partial charge is 0.493 e. The molecule has 1 heterocycles. The summed E-state index contributed by atoms with van der Waals surface area (Å²) in [6.45, 7) is 2.20. The molecular weight excluding hydrogens is 310 g/mol. The van der Waals surface area contributed by atoms with Crippen molar-refractivity contribution in [2.24, 2.45) is 0 Å². The van der Waals surface area contributed by atoms with Crippen LogP contribution in [0.4, 0.5) is 0 Å². The summed E-state index contributed by atoms with van der Waals surface area (Å²) in [6.07, 6.45) is 2.41. The molecule has 7 nitrogen and oxygen atoms in total. The monoisotopic (exact) mass is 333 g/mol. The van der Waals surface area contributed by atoms with Gasteiger partial charge in [-0.3, -0.25) is 4.79 Å². The highest BCUT2D eigenvalue weighted by Gasteiger charge is 2.17. The second-order valence-corrected chi connectivity index (χ2v) is 5.04. The van der Waals surface area contributed by atoms with Crippen molar-refractivity contribution in [3.63, 3.8) is 0 Å². The van der Waals surface area contributed by atoms with Crippen molar-refractivity contribution in [1.82, 2.24) is 15.1 Å². The minimum Gasteiger partial charge on any atom is -0.493 e. The fourth-order valence-corrected chi connectivity index (χ4v) is 2.08. The summed E-state index contributed by atoms with van der Waals surface area (Å²) in [5.74, 6) is 0.172. The first-order valence-corrected chi connectivity index (χ1v) is 7.80. The summed E-state index contributed by atoms with van der Waals surface area (Å²) in [6, 6.07) is 9.56. The van der Waals surface area contributed by atoms with E-state index in [0.29, 0.717) is 32.1 Å². The minimum absolute atomic E-state index is 0.265. The summed E-state index contributed by atoms with van der Waals surface area (Å²) < 4.78 is 17.1. The number of nitrogens with one attached hydrogen (secondary N) is 1. The van der Waals surface area contributed by atoms with Crippen LogP contribution < -0.4 is 10.1 Å². The smallest absolute Gasteiger partial charge is 0.275 e. The van der Waals surface area contributed by atoms with Crippen molar-refractivity contribution in [2.75, 3.05) is 40.6 Å². The molecule has 0 fully saturated rings. The Hall–Kier alpha value is -2.38. The Balaban J connectivity index is 1.88. The molecule has 0 saturated heterocycles. The molecule has 7 heteroatoms. The summed E-state index contributed by atoms with van der Waals surface area (Å²) in [5.41, 5.74) is 1.13. The van der Waals surface area contributed by atoms with E-state index >= 15 is 0 Å². The second kappa shape index (κ2) is 9.69.